The van der Waals surface area contributed by atoms with Crippen LogP contribution in [0, 0.1) is 5.82 Å². The number of phenolic OH excluding ortho intramolecular Hbond substituents is 1. The minimum atomic E-state index is -0.818. The van der Waals surface area contributed by atoms with Crippen molar-refractivity contribution in [1.82, 2.24) is 0 Å². The van der Waals surface area contributed by atoms with E-state index in [4.69, 9.17) is 22.4 Å². The maximum Gasteiger partial charge on any atom is 0.257 e. The minimum absolute atomic E-state index is 0.217. The molecule has 2 aromatic rings. The third-order valence-electron chi connectivity index (χ3n) is 2.46. The molecule has 0 heterocycles. The number of halogens is 2. The van der Waals surface area contributed by atoms with Crippen molar-refractivity contribution in [2.45, 2.75) is 0 Å². The summed E-state index contributed by atoms with van der Waals surface area (Å²) < 4.78 is 13.1. The van der Waals surface area contributed by atoms with Crippen molar-refractivity contribution in [1.29, 1.82) is 0 Å². The molecular weight excluding hydrogens is 271 g/mol. The zero-order valence-corrected chi connectivity index (χ0v) is 10.4. The lowest BCUT2D eigenvalue weighted by atomic mass is 10.1. The molecule has 0 unspecified atom stereocenters. The van der Waals surface area contributed by atoms with Crippen LogP contribution in [0.4, 0.5) is 15.8 Å². The van der Waals surface area contributed by atoms with Gasteiger partial charge in [-0.1, -0.05) is 11.6 Å². The van der Waals surface area contributed by atoms with E-state index in [1.54, 1.807) is 0 Å². The van der Waals surface area contributed by atoms with Gasteiger partial charge in [-0.25, -0.2) is 4.39 Å². The molecule has 0 saturated heterocycles. The number of nitrogen functional groups attached to an aromatic ring is 1. The van der Waals surface area contributed by atoms with Gasteiger partial charge in [-0.2, -0.15) is 0 Å². The second-order valence-corrected chi connectivity index (χ2v) is 4.29. The lowest BCUT2D eigenvalue weighted by Gasteiger charge is -2.08. The van der Waals surface area contributed by atoms with E-state index in [1.165, 1.54) is 24.3 Å². The van der Waals surface area contributed by atoms with Gasteiger partial charge in [-0.3, -0.25) is 4.79 Å². The van der Waals surface area contributed by atoms with Gasteiger partial charge in [-0.15, -0.1) is 0 Å². The number of amides is 1. The van der Waals surface area contributed by atoms with E-state index < -0.39 is 17.5 Å². The number of carbonyl (C=O) groups is 1. The molecule has 6 heteroatoms. The molecule has 0 aliphatic carbocycles. The molecule has 0 bridgehead atoms. The smallest absolute Gasteiger partial charge is 0.257 e. The Morgan fingerprint density at radius 3 is 2.63 bits per heavy atom. The fourth-order valence-corrected chi connectivity index (χ4v) is 1.70. The van der Waals surface area contributed by atoms with Crippen LogP contribution < -0.4 is 11.1 Å². The quantitative estimate of drug-likeness (QED) is 0.585. The monoisotopic (exact) mass is 280 g/mol. The number of carbonyl (C=O) groups excluding carboxylic acids is 1. The van der Waals surface area contributed by atoms with E-state index in [-0.39, 0.29) is 16.9 Å². The lowest BCUT2D eigenvalue weighted by molar-refractivity contribution is 0.102. The number of hydrogen-bond acceptors (Lipinski definition) is 3. The SMILES string of the molecule is Nc1cc(Cl)ccc1C(=O)Nc1ccc(O)c(F)c1. The molecule has 0 aliphatic rings. The van der Waals surface area contributed by atoms with Gasteiger partial charge in [-0.05, 0) is 30.3 Å². The molecule has 0 radical (unpaired) electrons. The summed E-state index contributed by atoms with van der Waals surface area (Å²) in [5.74, 6) is -1.79. The molecule has 1 amide bonds. The molecule has 2 rings (SSSR count). The molecule has 0 aliphatic heterocycles. The van der Waals surface area contributed by atoms with Crippen LogP contribution in [0.5, 0.6) is 5.75 Å². The van der Waals surface area contributed by atoms with Crippen molar-refractivity contribution in [2.24, 2.45) is 0 Å². The van der Waals surface area contributed by atoms with Gasteiger partial charge >= 0.3 is 0 Å². The molecule has 4 N–H and O–H groups in total. The summed E-state index contributed by atoms with van der Waals surface area (Å²) in [6.07, 6.45) is 0. The zero-order chi connectivity index (χ0) is 14.0. The first-order valence-corrected chi connectivity index (χ1v) is 5.70. The summed E-state index contributed by atoms with van der Waals surface area (Å²) in [5.41, 5.74) is 6.35. The molecule has 4 nitrogen and oxygen atoms in total. The van der Waals surface area contributed by atoms with Crippen LogP contribution in [0.2, 0.25) is 5.02 Å². The number of nitrogens with two attached hydrogens (primary N) is 1. The van der Waals surface area contributed by atoms with Gasteiger partial charge in [0.05, 0.1) is 5.56 Å². The second-order valence-electron chi connectivity index (χ2n) is 3.85. The highest BCUT2D eigenvalue weighted by molar-refractivity contribution is 6.31. The van der Waals surface area contributed by atoms with Crippen LogP contribution in [-0.2, 0) is 0 Å². The first-order valence-electron chi connectivity index (χ1n) is 5.32. The van der Waals surface area contributed by atoms with Gasteiger partial charge in [0.2, 0.25) is 0 Å². The van der Waals surface area contributed by atoms with Crippen LogP contribution in [0.1, 0.15) is 10.4 Å². The fraction of sp³-hybridized carbons (Fsp3) is 0. The van der Waals surface area contributed by atoms with Crippen molar-refractivity contribution in [3.05, 3.63) is 52.8 Å². The maximum absolute atomic E-state index is 13.1. The predicted octanol–water partition coefficient (Wildman–Crippen LogP) is 3.02. The molecule has 0 spiro atoms. The van der Waals surface area contributed by atoms with Crippen molar-refractivity contribution < 1.29 is 14.3 Å². The summed E-state index contributed by atoms with van der Waals surface area (Å²) in [5, 5.41) is 11.9. The average Bonchev–Trinajstić information content (AvgIpc) is 2.33. The van der Waals surface area contributed by atoms with Crippen LogP contribution in [0.15, 0.2) is 36.4 Å². The standard InChI is InChI=1S/C13H10ClFN2O2/c14-7-1-3-9(11(16)5-7)13(19)17-8-2-4-12(18)10(15)6-8/h1-6,18H,16H2,(H,17,19). The zero-order valence-electron chi connectivity index (χ0n) is 9.65. The largest absolute Gasteiger partial charge is 0.505 e. The number of anilines is 2. The third-order valence-corrected chi connectivity index (χ3v) is 2.70. The number of aromatic hydroxyl groups is 1. The van der Waals surface area contributed by atoms with Gasteiger partial charge < -0.3 is 16.2 Å². The number of rotatable bonds is 2. The first-order chi connectivity index (χ1) is 8.97. The summed E-state index contributed by atoms with van der Waals surface area (Å²) >= 11 is 5.73. The Hall–Kier alpha value is -2.27. The topological polar surface area (TPSA) is 75.4 Å². The molecule has 0 fully saturated rings. The van der Waals surface area contributed by atoms with E-state index in [1.807, 2.05) is 0 Å². The van der Waals surface area contributed by atoms with Crippen molar-refractivity contribution in [2.75, 3.05) is 11.1 Å². The molecule has 0 saturated carbocycles. The van der Waals surface area contributed by atoms with Gasteiger partial charge in [0.25, 0.3) is 5.91 Å². The van der Waals surface area contributed by atoms with E-state index in [0.717, 1.165) is 12.1 Å². The normalized spacial score (nSPS) is 10.2. The summed E-state index contributed by atoms with van der Waals surface area (Å²) in [4.78, 5) is 11.9. The third kappa shape index (κ3) is 2.95. The Kier molecular flexibility index (Phi) is 3.57. The Morgan fingerprint density at radius 2 is 2.00 bits per heavy atom. The van der Waals surface area contributed by atoms with Crippen molar-refractivity contribution in [3.8, 4) is 5.75 Å². The summed E-state index contributed by atoms with van der Waals surface area (Å²) in [7, 11) is 0. The minimum Gasteiger partial charge on any atom is -0.505 e. The van der Waals surface area contributed by atoms with Crippen LogP contribution >= 0.6 is 11.6 Å². The lowest BCUT2D eigenvalue weighted by Crippen LogP contribution is -2.14. The van der Waals surface area contributed by atoms with Gasteiger partial charge in [0.15, 0.2) is 11.6 Å². The average molecular weight is 281 g/mol. The summed E-state index contributed by atoms with van der Waals surface area (Å²) in [6, 6.07) is 8.00. The van der Waals surface area contributed by atoms with Crippen molar-refractivity contribution >= 4 is 28.9 Å². The molecule has 19 heavy (non-hydrogen) atoms. The van der Waals surface area contributed by atoms with E-state index in [0.29, 0.717) is 5.02 Å². The molecule has 0 aromatic heterocycles. The number of benzene rings is 2. The van der Waals surface area contributed by atoms with Crippen LogP contribution in [-0.4, -0.2) is 11.0 Å². The molecular formula is C13H10ClFN2O2. The number of phenols is 1. The Labute approximate surface area is 113 Å². The highest BCUT2D eigenvalue weighted by Crippen LogP contribution is 2.22. The molecule has 98 valence electrons. The fourth-order valence-electron chi connectivity index (χ4n) is 1.52. The van der Waals surface area contributed by atoms with Gasteiger partial charge in [0, 0.05) is 22.5 Å². The Morgan fingerprint density at radius 1 is 1.26 bits per heavy atom. The van der Waals surface area contributed by atoms with Crippen molar-refractivity contribution in [3.63, 3.8) is 0 Å². The highest BCUT2D eigenvalue weighted by atomic mass is 35.5. The van der Waals surface area contributed by atoms with Gasteiger partial charge in [0.1, 0.15) is 0 Å². The Balaban J connectivity index is 2.23. The van der Waals surface area contributed by atoms with E-state index in [2.05, 4.69) is 5.32 Å². The Bertz CT molecular complexity index is 647. The summed E-state index contributed by atoms with van der Waals surface area (Å²) in [6.45, 7) is 0. The van der Waals surface area contributed by atoms with E-state index in [9.17, 15) is 9.18 Å². The molecule has 0 atom stereocenters. The first kappa shape index (κ1) is 13.2. The number of hydrogen-bond donors (Lipinski definition) is 3. The second kappa shape index (κ2) is 5.16. The maximum atomic E-state index is 13.1. The number of nitrogens with one attached hydrogen (secondary N) is 1. The molecule has 2 aromatic carbocycles. The van der Waals surface area contributed by atoms with Crippen LogP contribution in [0.25, 0.3) is 0 Å². The predicted molar refractivity (Wildman–Crippen MR) is 71.9 cm³/mol. The van der Waals surface area contributed by atoms with E-state index >= 15 is 0 Å². The van der Waals surface area contributed by atoms with Crippen LogP contribution in [0.3, 0.4) is 0 Å². The highest BCUT2D eigenvalue weighted by Gasteiger charge is 2.11.